The molecule has 4 aromatic rings. The predicted octanol–water partition coefficient (Wildman–Crippen LogP) is 7.59. The number of amides is 1. The molecule has 0 radical (unpaired) electrons. The topological polar surface area (TPSA) is 82.4 Å². The van der Waals surface area contributed by atoms with Crippen molar-refractivity contribution >= 4 is 28.7 Å². The fraction of sp³-hybridized carbons (Fsp3) is 0.355. The molecule has 208 valence electrons. The second-order valence-electron chi connectivity index (χ2n) is 11.2. The maximum absolute atomic E-state index is 12.6. The minimum atomic E-state index is -0.516. The monoisotopic (exact) mass is 651 g/mol. The van der Waals surface area contributed by atoms with Gasteiger partial charge in [-0.3, -0.25) is 0 Å². The minimum Gasteiger partial charge on any atom is -0.444 e. The van der Waals surface area contributed by atoms with Crippen molar-refractivity contribution in [2.75, 3.05) is 13.1 Å². The summed E-state index contributed by atoms with van der Waals surface area (Å²) in [5, 5.41) is 0. The Morgan fingerprint density at radius 1 is 0.975 bits per heavy atom. The first-order valence-corrected chi connectivity index (χ1v) is 14.5. The average molecular weight is 652 g/mol. The molecule has 0 spiro atoms. The van der Waals surface area contributed by atoms with Gasteiger partial charge in [-0.15, -0.1) is 0 Å². The number of carbonyl (C=O) groups excluding carboxylic acids is 1. The van der Waals surface area contributed by atoms with Gasteiger partial charge in [0.15, 0.2) is 0 Å². The number of aryl methyl sites for hydroxylation is 2. The summed E-state index contributed by atoms with van der Waals surface area (Å²) in [6.07, 6.45) is 4.92. The van der Waals surface area contributed by atoms with Crippen LogP contribution in [0.1, 0.15) is 50.8 Å². The van der Waals surface area contributed by atoms with Gasteiger partial charge in [-0.2, -0.15) is 4.98 Å². The molecule has 0 N–H and O–H groups in total. The highest BCUT2D eigenvalue weighted by Gasteiger charge is 2.30. The van der Waals surface area contributed by atoms with Gasteiger partial charge in [-0.1, -0.05) is 18.2 Å². The highest BCUT2D eigenvalue weighted by molar-refractivity contribution is 14.1. The van der Waals surface area contributed by atoms with Gasteiger partial charge in [-0.05, 0) is 112 Å². The molecule has 0 bridgehead atoms. The largest absolute Gasteiger partial charge is 0.444 e. The first-order valence-electron chi connectivity index (χ1n) is 13.5. The number of ether oxygens (including phenoxy) is 2. The van der Waals surface area contributed by atoms with Crippen molar-refractivity contribution in [3.63, 3.8) is 0 Å². The highest BCUT2D eigenvalue weighted by atomic mass is 127. The SMILES string of the molecule is Cc1cc(C)cc(Oc2nccc(-c3c(-c4ccc(I)cc4)ncn3C3CCN(C(=O)OC(C)(C)C)CC3)n2)c1. The van der Waals surface area contributed by atoms with Gasteiger partial charge in [0.05, 0.1) is 23.4 Å². The molecule has 1 saturated heterocycles. The Hall–Kier alpha value is -3.47. The van der Waals surface area contributed by atoms with E-state index in [4.69, 9.17) is 19.4 Å². The van der Waals surface area contributed by atoms with E-state index in [-0.39, 0.29) is 18.1 Å². The molecule has 2 aromatic carbocycles. The zero-order valence-corrected chi connectivity index (χ0v) is 25.7. The molecule has 1 aliphatic rings. The van der Waals surface area contributed by atoms with E-state index >= 15 is 0 Å². The zero-order chi connectivity index (χ0) is 28.4. The van der Waals surface area contributed by atoms with Crippen molar-refractivity contribution in [1.82, 2.24) is 24.4 Å². The summed E-state index contributed by atoms with van der Waals surface area (Å²) >= 11 is 2.31. The van der Waals surface area contributed by atoms with Crippen LogP contribution in [0.5, 0.6) is 11.8 Å². The summed E-state index contributed by atoms with van der Waals surface area (Å²) in [6.45, 7) is 11.0. The van der Waals surface area contributed by atoms with Crippen molar-refractivity contribution in [2.45, 2.75) is 59.1 Å². The number of carbonyl (C=O) groups is 1. The summed E-state index contributed by atoms with van der Waals surface area (Å²) in [5.41, 5.74) is 5.21. The fourth-order valence-corrected chi connectivity index (χ4v) is 5.34. The van der Waals surface area contributed by atoms with Crippen molar-refractivity contribution in [1.29, 1.82) is 0 Å². The maximum atomic E-state index is 12.6. The van der Waals surface area contributed by atoms with Crippen LogP contribution in [0, 0.1) is 17.4 Å². The molecule has 1 amide bonds. The predicted molar refractivity (Wildman–Crippen MR) is 163 cm³/mol. The van der Waals surface area contributed by atoms with Crippen LogP contribution in [0.4, 0.5) is 4.79 Å². The quantitative estimate of drug-likeness (QED) is 0.207. The number of imidazole rings is 1. The van der Waals surface area contributed by atoms with Gasteiger partial charge in [0.2, 0.25) is 0 Å². The number of rotatable bonds is 5. The molecule has 5 rings (SSSR count). The van der Waals surface area contributed by atoms with Crippen molar-refractivity contribution in [2.24, 2.45) is 0 Å². The Kier molecular flexibility index (Phi) is 8.11. The smallest absolute Gasteiger partial charge is 0.410 e. The van der Waals surface area contributed by atoms with Crippen LogP contribution < -0.4 is 4.74 Å². The molecule has 0 saturated carbocycles. The van der Waals surface area contributed by atoms with Crippen LogP contribution >= 0.6 is 22.6 Å². The van der Waals surface area contributed by atoms with E-state index in [1.165, 1.54) is 0 Å². The van der Waals surface area contributed by atoms with E-state index in [0.29, 0.717) is 18.8 Å². The molecule has 0 atom stereocenters. The summed E-state index contributed by atoms with van der Waals surface area (Å²) in [4.78, 5) is 28.5. The lowest BCUT2D eigenvalue weighted by Gasteiger charge is -2.34. The van der Waals surface area contributed by atoms with E-state index in [1.807, 2.05) is 59.1 Å². The molecular formula is C31H34IN5O3. The summed E-state index contributed by atoms with van der Waals surface area (Å²) in [6, 6.07) is 16.7. The third-order valence-corrected chi connectivity index (χ3v) is 7.42. The number of hydrogen-bond acceptors (Lipinski definition) is 6. The van der Waals surface area contributed by atoms with Crippen LogP contribution in [0.2, 0.25) is 0 Å². The summed E-state index contributed by atoms with van der Waals surface area (Å²) in [5.74, 6) is 0.704. The Labute approximate surface area is 248 Å². The second-order valence-corrected chi connectivity index (χ2v) is 12.5. The van der Waals surface area contributed by atoms with Gasteiger partial charge in [0.25, 0.3) is 0 Å². The van der Waals surface area contributed by atoms with Crippen molar-refractivity contribution in [3.8, 4) is 34.4 Å². The van der Waals surface area contributed by atoms with Crippen LogP contribution in [0.3, 0.4) is 0 Å². The average Bonchev–Trinajstić information content (AvgIpc) is 3.33. The molecule has 1 aliphatic heterocycles. The molecule has 40 heavy (non-hydrogen) atoms. The Morgan fingerprint density at radius 3 is 2.30 bits per heavy atom. The number of aromatic nitrogens is 4. The lowest BCUT2D eigenvalue weighted by molar-refractivity contribution is 0.0189. The molecule has 2 aromatic heterocycles. The van der Waals surface area contributed by atoms with E-state index < -0.39 is 5.60 Å². The molecular weight excluding hydrogens is 617 g/mol. The molecule has 3 heterocycles. The van der Waals surface area contributed by atoms with Crippen LogP contribution in [0.15, 0.2) is 61.1 Å². The van der Waals surface area contributed by atoms with E-state index in [2.05, 4.69) is 62.5 Å². The zero-order valence-electron chi connectivity index (χ0n) is 23.5. The van der Waals surface area contributed by atoms with Crippen LogP contribution in [-0.4, -0.2) is 49.2 Å². The summed E-state index contributed by atoms with van der Waals surface area (Å²) in [7, 11) is 0. The molecule has 9 heteroatoms. The van der Waals surface area contributed by atoms with Gasteiger partial charge in [0.1, 0.15) is 11.4 Å². The number of nitrogens with zero attached hydrogens (tertiary/aromatic N) is 5. The van der Waals surface area contributed by atoms with E-state index in [0.717, 1.165) is 50.2 Å². The first-order chi connectivity index (χ1) is 19.1. The lowest BCUT2D eigenvalue weighted by Crippen LogP contribution is -2.42. The Balaban J connectivity index is 1.47. The standard InChI is InChI=1S/C31H34IN5O3/c1-20-16-21(2)18-25(17-20)39-29-33-13-10-26(35-29)28-27(22-6-8-23(32)9-7-22)34-19-37(28)24-11-14-36(15-12-24)30(38)40-31(3,4)5/h6-10,13,16-19,24H,11-12,14-15H2,1-5H3. The van der Waals surface area contributed by atoms with Crippen molar-refractivity contribution < 1.29 is 14.3 Å². The molecule has 0 aliphatic carbocycles. The molecule has 1 fully saturated rings. The highest BCUT2D eigenvalue weighted by Crippen LogP contribution is 2.36. The number of hydrogen-bond donors (Lipinski definition) is 0. The van der Waals surface area contributed by atoms with Crippen LogP contribution in [-0.2, 0) is 4.74 Å². The van der Waals surface area contributed by atoms with E-state index in [1.54, 1.807) is 11.1 Å². The van der Waals surface area contributed by atoms with Gasteiger partial charge < -0.3 is 18.9 Å². The Bertz CT molecular complexity index is 1480. The molecule has 0 unspecified atom stereocenters. The van der Waals surface area contributed by atoms with E-state index in [9.17, 15) is 4.79 Å². The third kappa shape index (κ3) is 6.63. The fourth-order valence-electron chi connectivity index (χ4n) is 4.98. The van der Waals surface area contributed by atoms with Crippen LogP contribution in [0.25, 0.3) is 22.6 Å². The summed E-state index contributed by atoms with van der Waals surface area (Å²) < 4.78 is 15.0. The number of likely N-dealkylation sites (tertiary alicyclic amines) is 1. The van der Waals surface area contributed by atoms with Gasteiger partial charge in [0, 0.05) is 34.5 Å². The van der Waals surface area contributed by atoms with Gasteiger partial charge >= 0.3 is 12.1 Å². The van der Waals surface area contributed by atoms with Gasteiger partial charge in [-0.25, -0.2) is 14.8 Å². The first kappa shape index (κ1) is 28.1. The Morgan fingerprint density at radius 2 is 1.65 bits per heavy atom. The van der Waals surface area contributed by atoms with Crippen molar-refractivity contribution in [3.05, 3.63) is 75.8 Å². The third-order valence-electron chi connectivity index (χ3n) is 6.70. The second kappa shape index (κ2) is 11.6. The maximum Gasteiger partial charge on any atom is 0.410 e. The normalized spacial score (nSPS) is 14.3. The molecule has 8 nitrogen and oxygen atoms in total. The number of benzene rings is 2. The minimum absolute atomic E-state index is 0.151. The number of piperidine rings is 1. The lowest BCUT2D eigenvalue weighted by atomic mass is 10.0. The number of halogens is 1.